The molecule has 0 radical (unpaired) electrons. The summed E-state index contributed by atoms with van der Waals surface area (Å²) in [6.07, 6.45) is 6.89. The number of rotatable bonds is 5. The van der Waals surface area contributed by atoms with Crippen LogP contribution in [0.3, 0.4) is 0 Å². The number of nitrogens with zero attached hydrogens (tertiary/aromatic N) is 2. The van der Waals surface area contributed by atoms with Gasteiger partial charge in [0, 0.05) is 17.8 Å². The predicted molar refractivity (Wildman–Crippen MR) is 73.9 cm³/mol. The Hall–Kier alpha value is -1.09. The van der Waals surface area contributed by atoms with E-state index in [0.29, 0.717) is 12.6 Å². The van der Waals surface area contributed by atoms with Gasteiger partial charge < -0.3 is 4.74 Å². The minimum Gasteiger partial charge on any atom is -0.478 e. The van der Waals surface area contributed by atoms with Gasteiger partial charge in [-0.25, -0.2) is 4.98 Å². The fourth-order valence-electron chi connectivity index (χ4n) is 2.81. The molecule has 0 N–H and O–H groups in total. The zero-order valence-electron chi connectivity index (χ0n) is 11.6. The molecule has 2 rings (SSSR count). The van der Waals surface area contributed by atoms with Crippen molar-refractivity contribution in [3.05, 3.63) is 23.9 Å². The van der Waals surface area contributed by atoms with Gasteiger partial charge in [0.25, 0.3) is 0 Å². The van der Waals surface area contributed by atoms with Crippen molar-refractivity contribution in [3.63, 3.8) is 0 Å². The monoisotopic (exact) mass is 248 g/mol. The Balaban J connectivity index is 2.21. The summed E-state index contributed by atoms with van der Waals surface area (Å²) in [4.78, 5) is 6.98. The van der Waals surface area contributed by atoms with Crippen molar-refractivity contribution in [2.75, 3.05) is 19.7 Å². The van der Waals surface area contributed by atoms with E-state index in [-0.39, 0.29) is 0 Å². The number of likely N-dealkylation sites (tertiary alicyclic amines) is 1. The van der Waals surface area contributed by atoms with Crippen LogP contribution in [0.25, 0.3) is 0 Å². The third-order valence-corrected chi connectivity index (χ3v) is 3.57. The highest BCUT2D eigenvalue weighted by atomic mass is 16.5. The van der Waals surface area contributed by atoms with Gasteiger partial charge in [-0.1, -0.05) is 19.4 Å². The Morgan fingerprint density at radius 3 is 3.06 bits per heavy atom. The normalized spacial score (nSPS) is 20.9. The molecule has 1 aliphatic rings. The zero-order chi connectivity index (χ0) is 12.8. The minimum atomic E-state index is 0.494. The molecule has 1 saturated heterocycles. The van der Waals surface area contributed by atoms with Gasteiger partial charge >= 0.3 is 0 Å². The number of hydrogen-bond donors (Lipinski definition) is 0. The van der Waals surface area contributed by atoms with Gasteiger partial charge in [-0.2, -0.15) is 0 Å². The van der Waals surface area contributed by atoms with Crippen molar-refractivity contribution in [1.29, 1.82) is 0 Å². The quantitative estimate of drug-likeness (QED) is 0.798. The first-order valence-electron chi connectivity index (χ1n) is 7.18. The van der Waals surface area contributed by atoms with Crippen LogP contribution in [0.5, 0.6) is 5.88 Å². The molecule has 0 amide bonds. The van der Waals surface area contributed by atoms with E-state index in [2.05, 4.69) is 22.9 Å². The lowest BCUT2D eigenvalue weighted by molar-refractivity contribution is 0.144. The molecule has 0 bridgehead atoms. The molecule has 2 heterocycles. The first-order valence-corrected chi connectivity index (χ1v) is 7.18. The maximum Gasteiger partial charge on any atom is 0.218 e. The van der Waals surface area contributed by atoms with Gasteiger partial charge in [0.15, 0.2) is 0 Å². The maximum atomic E-state index is 5.68. The topological polar surface area (TPSA) is 25.4 Å². The van der Waals surface area contributed by atoms with E-state index in [1.165, 1.54) is 44.3 Å². The van der Waals surface area contributed by atoms with Crippen molar-refractivity contribution in [2.45, 2.75) is 45.6 Å². The number of pyridine rings is 1. The van der Waals surface area contributed by atoms with E-state index < -0.39 is 0 Å². The van der Waals surface area contributed by atoms with Crippen LogP contribution in [0, 0.1) is 0 Å². The molecule has 1 atom stereocenters. The molecular weight excluding hydrogens is 224 g/mol. The fourth-order valence-corrected chi connectivity index (χ4v) is 2.81. The molecule has 0 unspecified atom stereocenters. The minimum absolute atomic E-state index is 0.494. The van der Waals surface area contributed by atoms with Crippen LogP contribution in [0.2, 0.25) is 0 Å². The predicted octanol–water partition coefficient (Wildman–Crippen LogP) is 3.42. The van der Waals surface area contributed by atoms with E-state index in [1.54, 1.807) is 0 Å². The van der Waals surface area contributed by atoms with E-state index in [1.807, 2.05) is 19.2 Å². The summed E-state index contributed by atoms with van der Waals surface area (Å²) in [5, 5.41) is 0. The zero-order valence-corrected chi connectivity index (χ0v) is 11.6. The molecule has 3 heteroatoms. The second-order valence-corrected chi connectivity index (χ2v) is 4.88. The van der Waals surface area contributed by atoms with Crippen LogP contribution >= 0.6 is 0 Å². The van der Waals surface area contributed by atoms with Crippen LogP contribution in [0.1, 0.15) is 51.1 Å². The largest absolute Gasteiger partial charge is 0.478 e. The van der Waals surface area contributed by atoms with Gasteiger partial charge in [-0.15, -0.1) is 0 Å². The Labute approximate surface area is 110 Å². The second-order valence-electron chi connectivity index (χ2n) is 4.88. The number of piperidine rings is 1. The molecule has 100 valence electrons. The third-order valence-electron chi connectivity index (χ3n) is 3.57. The van der Waals surface area contributed by atoms with Crippen molar-refractivity contribution < 1.29 is 4.74 Å². The van der Waals surface area contributed by atoms with Crippen LogP contribution in [0.4, 0.5) is 0 Å². The van der Waals surface area contributed by atoms with Gasteiger partial charge in [0.2, 0.25) is 5.88 Å². The fraction of sp³-hybridized carbons (Fsp3) is 0.667. The molecule has 0 aromatic carbocycles. The highest BCUT2D eigenvalue weighted by molar-refractivity contribution is 5.29. The molecule has 1 fully saturated rings. The molecule has 0 aliphatic carbocycles. The average molecular weight is 248 g/mol. The Kier molecular flexibility index (Phi) is 5.00. The first-order chi connectivity index (χ1) is 8.86. The maximum absolute atomic E-state index is 5.68. The molecule has 1 aromatic heterocycles. The van der Waals surface area contributed by atoms with Gasteiger partial charge in [0.1, 0.15) is 0 Å². The average Bonchev–Trinajstić information content (AvgIpc) is 2.41. The van der Waals surface area contributed by atoms with E-state index in [0.717, 1.165) is 5.88 Å². The summed E-state index contributed by atoms with van der Waals surface area (Å²) in [7, 11) is 0. The standard InChI is InChI=1S/C15H24N2O/c1-3-11-17-12-6-5-9-14(17)13-8-7-10-16-15(13)18-4-2/h7-8,10,14H,3-6,9,11-12H2,1-2H3/t14-/m1/s1. The number of ether oxygens (including phenoxy) is 1. The van der Waals surface area contributed by atoms with E-state index in [9.17, 15) is 0 Å². The summed E-state index contributed by atoms with van der Waals surface area (Å²) in [5.74, 6) is 0.827. The summed E-state index contributed by atoms with van der Waals surface area (Å²) in [6, 6.07) is 4.70. The summed E-state index contributed by atoms with van der Waals surface area (Å²) >= 11 is 0. The van der Waals surface area contributed by atoms with Crippen LogP contribution in [-0.2, 0) is 0 Å². The molecule has 0 saturated carbocycles. The van der Waals surface area contributed by atoms with Gasteiger partial charge in [0.05, 0.1) is 6.61 Å². The van der Waals surface area contributed by atoms with Crippen LogP contribution in [0.15, 0.2) is 18.3 Å². The van der Waals surface area contributed by atoms with Crippen molar-refractivity contribution >= 4 is 0 Å². The van der Waals surface area contributed by atoms with Crippen molar-refractivity contribution in [1.82, 2.24) is 9.88 Å². The van der Waals surface area contributed by atoms with E-state index in [4.69, 9.17) is 4.74 Å². The highest BCUT2D eigenvalue weighted by Gasteiger charge is 2.26. The molecular formula is C15H24N2O. The van der Waals surface area contributed by atoms with Gasteiger partial charge in [-0.05, 0) is 45.3 Å². The number of aromatic nitrogens is 1. The lowest BCUT2D eigenvalue weighted by Crippen LogP contribution is -2.34. The third kappa shape index (κ3) is 3.02. The second kappa shape index (κ2) is 6.74. The first kappa shape index (κ1) is 13.3. The van der Waals surface area contributed by atoms with E-state index >= 15 is 0 Å². The molecule has 0 spiro atoms. The lowest BCUT2D eigenvalue weighted by atomic mass is 9.95. The van der Waals surface area contributed by atoms with Gasteiger partial charge in [-0.3, -0.25) is 4.90 Å². The molecule has 1 aromatic rings. The highest BCUT2D eigenvalue weighted by Crippen LogP contribution is 2.34. The van der Waals surface area contributed by atoms with Crippen molar-refractivity contribution in [2.24, 2.45) is 0 Å². The summed E-state index contributed by atoms with van der Waals surface area (Å²) in [6.45, 7) is 7.33. The Morgan fingerprint density at radius 2 is 2.28 bits per heavy atom. The van der Waals surface area contributed by atoms with Crippen LogP contribution < -0.4 is 4.74 Å². The lowest BCUT2D eigenvalue weighted by Gasteiger charge is -2.36. The molecule has 18 heavy (non-hydrogen) atoms. The Bertz CT molecular complexity index is 365. The smallest absolute Gasteiger partial charge is 0.218 e. The van der Waals surface area contributed by atoms with Crippen molar-refractivity contribution in [3.8, 4) is 5.88 Å². The molecule has 1 aliphatic heterocycles. The SMILES string of the molecule is CCCN1CCCC[C@@H]1c1cccnc1OCC. The number of hydrogen-bond acceptors (Lipinski definition) is 3. The molecule has 3 nitrogen and oxygen atoms in total. The summed E-state index contributed by atoms with van der Waals surface area (Å²) in [5.41, 5.74) is 1.27. The van der Waals surface area contributed by atoms with Crippen LogP contribution in [-0.4, -0.2) is 29.6 Å². The summed E-state index contributed by atoms with van der Waals surface area (Å²) < 4.78 is 5.68. The Morgan fingerprint density at radius 1 is 1.39 bits per heavy atom.